The molecule has 0 aliphatic rings. The number of aryl methyl sites for hydroxylation is 3. The highest BCUT2D eigenvalue weighted by molar-refractivity contribution is 5.93. The first-order chi connectivity index (χ1) is 11.5. The van der Waals surface area contributed by atoms with Crippen LogP contribution in [-0.2, 0) is 0 Å². The topological polar surface area (TPSA) is 96.7 Å². The van der Waals surface area contributed by atoms with Gasteiger partial charge in [0, 0.05) is 11.3 Å². The molecule has 7 nitrogen and oxygen atoms in total. The Kier molecular flexibility index (Phi) is 4.16. The lowest BCUT2D eigenvalue weighted by molar-refractivity contribution is 0.0927. The molecule has 124 valence electrons. The average Bonchev–Trinajstić information content (AvgIpc) is 3.14. The van der Waals surface area contributed by atoms with E-state index in [1.807, 2.05) is 38.1 Å². The highest BCUT2D eigenvalue weighted by Gasteiger charge is 2.21. The molecular weight excluding hydrogens is 306 g/mol. The maximum absolute atomic E-state index is 12.3. The lowest BCUT2D eigenvalue weighted by Gasteiger charge is -2.08. The fraction of sp³-hybridized carbons (Fsp3) is 0.294. The van der Waals surface area contributed by atoms with Gasteiger partial charge < -0.3 is 14.8 Å². The fourth-order valence-corrected chi connectivity index (χ4v) is 2.50. The van der Waals surface area contributed by atoms with Crippen molar-refractivity contribution in [2.45, 2.75) is 33.7 Å². The van der Waals surface area contributed by atoms with E-state index in [9.17, 15) is 4.79 Å². The Morgan fingerprint density at radius 2 is 1.96 bits per heavy atom. The number of amides is 1. The largest absolute Gasteiger partial charge is 0.346 e. The van der Waals surface area contributed by atoms with Crippen molar-refractivity contribution in [3.63, 3.8) is 0 Å². The minimum atomic E-state index is -0.417. The zero-order chi connectivity index (χ0) is 17.3. The molecule has 1 atom stereocenters. The molecular formula is C17H19N5O2. The van der Waals surface area contributed by atoms with Gasteiger partial charge in [-0.25, -0.2) is 4.98 Å². The molecule has 0 bridgehead atoms. The third kappa shape index (κ3) is 3.05. The number of hydrogen-bond donors (Lipinski definition) is 2. The summed E-state index contributed by atoms with van der Waals surface area (Å²) >= 11 is 0. The summed E-state index contributed by atoms with van der Waals surface area (Å²) in [4.78, 5) is 23.9. The first-order valence-electron chi connectivity index (χ1n) is 7.69. The average molecular weight is 325 g/mol. The van der Waals surface area contributed by atoms with E-state index < -0.39 is 6.04 Å². The summed E-state index contributed by atoms with van der Waals surface area (Å²) in [5, 5.41) is 6.84. The highest BCUT2D eigenvalue weighted by atomic mass is 16.5. The Morgan fingerprint density at radius 3 is 2.62 bits per heavy atom. The molecule has 2 heterocycles. The number of benzene rings is 1. The van der Waals surface area contributed by atoms with Gasteiger partial charge in [-0.15, -0.1) is 0 Å². The number of carbonyl (C=O) groups is 1. The second kappa shape index (κ2) is 6.27. The summed E-state index contributed by atoms with van der Waals surface area (Å²) in [6.45, 7) is 7.39. The molecule has 2 aromatic heterocycles. The van der Waals surface area contributed by atoms with Crippen molar-refractivity contribution < 1.29 is 9.32 Å². The summed E-state index contributed by atoms with van der Waals surface area (Å²) in [6, 6.07) is 7.38. The maximum atomic E-state index is 12.3. The molecule has 3 rings (SSSR count). The minimum absolute atomic E-state index is 0.278. The van der Waals surface area contributed by atoms with Gasteiger partial charge in [0.05, 0.1) is 0 Å². The normalized spacial score (nSPS) is 12.2. The van der Waals surface area contributed by atoms with Crippen molar-refractivity contribution >= 4 is 5.91 Å². The number of hydrogen-bond acceptors (Lipinski definition) is 5. The molecule has 24 heavy (non-hydrogen) atoms. The van der Waals surface area contributed by atoms with Crippen LogP contribution in [0, 0.1) is 20.8 Å². The molecule has 0 saturated carbocycles. The molecule has 0 unspecified atom stereocenters. The van der Waals surface area contributed by atoms with Crippen LogP contribution in [0.2, 0.25) is 0 Å². The Balaban J connectivity index is 1.77. The Hall–Kier alpha value is -2.96. The van der Waals surface area contributed by atoms with E-state index in [0.29, 0.717) is 23.2 Å². The van der Waals surface area contributed by atoms with Gasteiger partial charge in [0.2, 0.25) is 11.7 Å². The van der Waals surface area contributed by atoms with Crippen LogP contribution in [0.4, 0.5) is 0 Å². The summed E-state index contributed by atoms with van der Waals surface area (Å²) in [5.74, 6) is 1.28. The van der Waals surface area contributed by atoms with Crippen molar-refractivity contribution in [2.75, 3.05) is 0 Å². The highest BCUT2D eigenvalue weighted by Crippen LogP contribution is 2.22. The number of nitrogens with one attached hydrogen (secondary N) is 2. The van der Waals surface area contributed by atoms with Crippen LogP contribution >= 0.6 is 0 Å². The Bertz CT molecular complexity index is 881. The second-order valence-electron chi connectivity index (χ2n) is 5.76. The standard InChI is InChI=1S/C17H19N5O2/c1-9-7-5-6-8-13(9)15-21-17(24-22-15)11(3)19-16(23)14-10(2)18-12(4)20-14/h5-8,11H,1-4H3,(H,18,20)(H,19,23)/t11-/m0/s1. The van der Waals surface area contributed by atoms with Crippen molar-refractivity contribution in [1.82, 2.24) is 25.4 Å². The molecule has 3 aromatic rings. The number of imidazole rings is 1. The predicted molar refractivity (Wildman–Crippen MR) is 88.4 cm³/mol. The van der Waals surface area contributed by atoms with E-state index >= 15 is 0 Å². The minimum Gasteiger partial charge on any atom is -0.346 e. The number of aromatic nitrogens is 4. The molecule has 7 heteroatoms. The van der Waals surface area contributed by atoms with Crippen LogP contribution in [0.1, 0.15) is 46.4 Å². The van der Waals surface area contributed by atoms with E-state index in [4.69, 9.17) is 4.52 Å². The molecule has 1 aromatic carbocycles. The maximum Gasteiger partial charge on any atom is 0.272 e. The molecule has 0 saturated heterocycles. The van der Waals surface area contributed by atoms with Gasteiger partial charge in [-0.3, -0.25) is 4.79 Å². The monoisotopic (exact) mass is 325 g/mol. The molecule has 0 aliphatic heterocycles. The van der Waals surface area contributed by atoms with Gasteiger partial charge in [-0.2, -0.15) is 4.98 Å². The SMILES string of the molecule is Cc1nc(C(=O)N[C@@H](C)c2nc(-c3ccccc3C)no2)c(C)[nH]1. The van der Waals surface area contributed by atoms with Crippen LogP contribution < -0.4 is 5.32 Å². The lowest BCUT2D eigenvalue weighted by atomic mass is 10.1. The van der Waals surface area contributed by atoms with Crippen molar-refractivity contribution in [3.8, 4) is 11.4 Å². The number of carbonyl (C=O) groups excluding carboxylic acids is 1. The molecule has 0 fully saturated rings. The quantitative estimate of drug-likeness (QED) is 0.769. The molecule has 0 radical (unpaired) electrons. The number of rotatable bonds is 4. The van der Waals surface area contributed by atoms with Gasteiger partial charge in [0.1, 0.15) is 17.6 Å². The summed E-state index contributed by atoms with van der Waals surface area (Å²) in [7, 11) is 0. The lowest BCUT2D eigenvalue weighted by Crippen LogP contribution is -2.27. The van der Waals surface area contributed by atoms with E-state index in [0.717, 1.165) is 16.8 Å². The van der Waals surface area contributed by atoms with Gasteiger partial charge in [0.15, 0.2) is 0 Å². The molecule has 0 aliphatic carbocycles. The fourth-order valence-electron chi connectivity index (χ4n) is 2.50. The molecule has 0 spiro atoms. The smallest absolute Gasteiger partial charge is 0.272 e. The zero-order valence-electron chi connectivity index (χ0n) is 14.0. The van der Waals surface area contributed by atoms with Gasteiger partial charge in [-0.1, -0.05) is 29.4 Å². The summed E-state index contributed by atoms with van der Waals surface area (Å²) < 4.78 is 5.30. The van der Waals surface area contributed by atoms with Gasteiger partial charge in [0.25, 0.3) is 5.91 Å². The Morgan fingerprint density at radius 1 is 1.21 bits per heavy atom. The van der Waals surface area contributed by atoms with Crippen LogP contribution in [0.15, 0.2) is 28.8 Å². The van der Waals surface area contributed by atoms with Crippen molar-refractivity contribution in [3.05, 3.63) is 52.9 Å². The first kappa shape index (κ1) is 15.9. The van der Waals surface area contributed by atoms with E-state index in [1.165, 1.54) is 0 Å². The number of nitrogens with zero attached hydrogens (tertiary/aromatic N) is 3. The van der Waals surface area contributed by atoms with E-state index in [2.05, 4.69) is 25.4 Å². The van der Waals surface area contributed by atoms with Crippen LogP contribution in [0.5, 0.6) is 0 Å². The van der Waals surface area contributed by atoms with Crippen LogP contribution in [0.25, 0.3) is 11.4 Å². The van der Waals surface area contributed by atoms with Crippen LogP contribution in [-0.4, -0.2) is 26.0 Å². The molecule has 2 N–H and O–H groups in total. The zero-order valence-corrected chi connectivity index (χ0v) is 14.0. The third-order valence-electron chi connectivity index (χ3n) is 3.76. The second-order valence-corrected chi connectivity index (χ2v) is 5.76. The summed E-state index contributed by atoms with van der Waals surface area (Å²) in [6.07, 6.45) is 0. The van der Waals surface area contributed by atoms with Gasteiger partial charge in [-0.05, 0) is 33.3 Å². The van der Waals surface area contributed by atoms with Crippen molar-refractivity contribution in [2.24, 2.45) is 0 Å². The predicted octanol–water partition coefficient (Wildman–Crippen LogP) is 2.88. The Labute approximate surface area is 139 Å². The number of aromatic amines is 1. The molecule has 1 amide bonds. The van der Waals surface area contributed by atoms with E-state index in [1.54, 1.807) is 13.8 Å². The third-order valence-corrected chi connectivity index (χ3v) is 3.76. The van der Waals surface area contributed by atoms with Crippen molar-refractivity contribution in [1.29, 1.82) is 0 Å². The first-order valence-corrected chi connectivity index (χ1v) is 7.69. The van der Waals surface area contributed by atoms with E-state index in [-0.39, 0.29) is 5.91 Å². The van der Waals surface area contributed by atoms with Crippen LogP contribution in [0.3, 0.4) is 0 Å². The van der Waals surface area contributed by atoms with Gasteiger partial charge >= 0.3 is 0 Å². The summed E-state index contributed by atoms with van der Waals surface area (Å²) in [5.41, 5.74) is 3.07. The number of H-pyrrole nitrogens is 1.